The third-order valence-corrected chi connectivity index (χ3v) is 3.50. The number of hydrogen-bond donors (Lipinski definition) is 1. The van der Waals surface area contributed by atoms with Crippen molar-refractivity contribution in [1.82, 2.24) is 15.5 Å². The number of rotatable bonds is 7. The van der Waals surface area contributed by atoms with E-state index in [2.05, 4.69) is 15.5 Å². The molecule has 1 N–H and O–H groups in total. The molecule has 0 saturated carbocycles. The topological polar surface area (TPSA) is 60.2 Å². The van der Waals surface area contributed by atoms with Crippen LogP contribution in [0.4, 0.5) is 4.39 Å². The summed E-state index contributed by atoms with van der Waals surface area (Å²) in [6.45, 7) is 1.36. The SMILES string of the molecule is FCCCc1cc(-c2cncc(OC[C@@H]3CCN3)c2)on1. The van der Waals surface area contributed by atoms with Gasteiger partial charge in [0.2, 0.25) is 0 Å². The minimum absolute atomic E-state index is 0.345. The average Bonchev–Trinajstić information content (AvgIpc) is 2.93. The summed E-state index contributed by atoms with van der Waals surface area (Å²) in [5, 5.41) is 7.22. The fourth-order valence-electron chi connectivity index (χ4n) is 2.13. The summed E-state index contributed by atoms with van der Waals surface area (Å²) in [5.74, 6) is 1.34. The Kier molecular flexibility index (Phi) is 4.45. The Morgan fingerprint density at radius 3 is 3.05 bits per heavy atom. The highest BCUT2D eigenvalue weighted by Crippen LogP contribution is 2.24. The number of ether oxygens (including phenoxy) is 1. The van der Waals surface area contributed by atoms with Gasteiger partial charge >= 0.3 is 0 Å². The zero-order valence-electron chi connectivity index (χ0n) is 11.7. The van der Waals surface area contributed by atoms with E-state index in [0.29, 0.717) is 37.0 Å². The summed E-state index contributed by atoms with van der Waals surface area (Å²) < 4.78 is 23.1. The summed E-state index contributed by atoms with van der Waals surface area (Å²) in [6.07, 6.45) is 5.57. The summed E-state index contributed by atoms with van der Waals surface area (Å²) in [7, 11) is 0. The number of hydrogen-bond acceptors (Lipinski definition) is 5. The number of alkyl halides is 1. The van der Waals surface area contributed by atoms with Gasteiger partial charge in [-0.1, -0.05) is 5.16 Å². The molecule has 3 rings (SSSR count). The van der Waals surface area contributed by atoms with Crippen LogP contribution in [0.15, 0.2) is 29.0 Å². The summed E-state index contributed by atoms with van der Waals surface area (Å²) in [4.78, 5) is 4.16. The quantitative estimate of drug-likeness (QED) is 0.848. The Morgan fingerprint density at radius 1 is 1.38 bits per heavy atom. The predicted octanol–water partition coefficient (Wildman–Crippen LogP) is 2.38. The van der Waals surface area contributed by atoms with Gasteiger partial charge in [-0.2, -0.15) is 0 Å². The molecule has 1 atom stereocenters. The molecule has 3 heterocycles. The van der Waals surface area contributed by atoms with E-state index in [4.69, 9.17) is 9.26 Å². The highest BCUT2D eigenvalue weighted by Gasteiger charge is 2.17. The Labute approximate surface area is 122 Å². The van der Waals surface area contributed by atoms with Crippen LogP contribution >= 0.6 is 0 Å². The molecule has 1 aliphatic heterocycles. The van der Waals surface area contributed by atoms with E-state index in [1.54, 1.807) is 12.4 Å². The second-order valence-corrected chi connectivity index (χ2v) is 5.14. The monoisotopic (exact) mass is 291 g/mol. The van der Waals surface area contributed by atoms with Crippen LogP contribution in [-0.4, -0.2) is 36.0 Å². The molecule has 112 valence electrons. The highest BCUT2D eigenvalue weighted by molar-refractivity contribution is 5.57. The van der Waals surface area contributed by atoms with Gasteiger partial charge in [0.1, 0.15) is 12.4 Å². The summed E-state index contributed by atoms with van der Waals surface area (Å²) in [5.41, 5.74) is 1.57. The van der Waals surface area contributed by atoms with Gasteiger partial charge in [-0.15, -0.1) is 0 Å². The van der Waals surface area contributed by atoms with E-state index < -0.39 is 0 Å². The van der Waals surface area contributed by atoms with Gasteiger partial charge in [0.05, 0.1) is 18.6 Å². The van der Waals surface area contributed by atoms with Crippen molar-refractivity contribution in [2.75, 3.05) is 19.8 Å². The first kappa shape index (κ1) is 14.0. The van der Waals surface area contributed by atoms with Crippen molar-refractivity contribution in [3.8, 4) is 17.1 Å². The average molecular weight is 291 g/mol. The fraction of sp³-hybridized carbons (Fsp3) is 0.467. The van der Waals surface area contributed by atoms with Crippen molar-refractivity contribution >= 4 is 0 Å². The van der Waals surface area contributed by atoms with E-state index in [1.807, 2.05) is 12.1 Å². The lowest BCUT2D eigenvalue weighted by atomic mass is 10.1. The summed E-state index contributed by atoms with van der Waals surface area (Å²) in [6, 6.07) is 4.14. The van der Waals surface area contributed by atoms with Gasteiger partial charge in [0.25, 0.3) is 0 Å². The number of pyridine rings is 1. The van der Waals surface area contributed by atoms with Crippen molar-refractivity contribution in [2.45, 2.75) is 25.3 Å². The zero-order chi connectivity index (χ0) is 14.5. The maximum Gasteiger partial charge on any atom is 0.168 e. The van der Waals surface area contributed by atoms with Crippen molar-refractivity contribution in [3.63, 3.8) is 0 Å². The Morgan fingerprint density at radius 2 is 2.29 bits per heavy atom. The van der Waals surface area contributed by atoms with Gasteiger partial charge in [-0.05, 0) is 31.9 Å². The van der Waals surface area contributed by atoms with Crippen molar-refractivity contribution in [1.29, 1.82) is 0 Å². The lowest BCUT2D eigenvalue weighted by Gasteiger charge is -2.27. The van der Waals surface area contributed by atoms with Gasteiger partial charge in [-0.3, -0.25) is 9.37 Å². The third kappa shape index (κ3) is 3.58. The predicted molar refractivity (Wildman–Crippen MR) is 75.9 cm³/mol. The van der Waals surface area contributed by atoms with Crippen molar-refractivity contribution in [2.24, 2.45) is 0 Å². The molecule has 2 aromatic rings. The van der Waals surface area contributed by atoms with E-state index in [-0.39, 0.29) is 6.67 Å². The third-order valence-electron chi connectivity index (χ3n) is 3.50. The van der Waals surface area contributed by atoms with Crippen molar-refractivity contribution in [3.05, 3.63) is 30.2 Å². The van der Waals surface area contributed by atoms with Crippen LogP contribution in [-0.2, 0) is 6.42 Å². The first-order valence-corrected chi connectivity index (χ1v) is 7.18. The molecule has 1 aliphatic rings. The molecular weight excluding hydrogens is 273 g/mol. The van der Waals surface area contributed by atoms with Crippen LogP contribution in [0.1, 0.15) is 18.5 Å². The first-order chi connectivity index (χ1) is 10.3. The maximum atomic E-state index is 12.2. The fourth-order valence-corrected chi connectivity index (χ4v) is 2.13. The lowest BCUT2D eigenvalue weighted by Crippen LogP contribution is -2.46. The normalized spacial score (nSPS) is 17.5. The lowest BCUT2D eigenvalue weighted by molar-refractivity contribution is 0.217. The minimum atomic E-state index is -0.345. The van der Waals surface area contributed by atoms with Gasteiger partial charge in [-0.25, -0.2) is 0 Å². The van der Waals surface area contributed by atoms with Crippen molar-refractivity contribution < 1.29 is 13.7 Å². The Hall–Kier alpha value is -1.95. The molecule has 21 heavy (non-hydrogen) atoms. The number of nitrogens with one attached hydrogen (secondary N) is 1. The van der Waals surface area contributed by atoms with Gasteiger partial charge < -0.3 is 14.6 Å². The Bertz CT molecular complexity index is 584. The molecule has 0 amide bonds. The smallest absolute Gasteiger partial charge is 0.168 e. The molecule has 2 aromatic heterocycles. The van der Waals surface area contributed by atoms with E-state index in [9.17, 15) is 4.39 Å². The number of halogens is 1. The molecule has 5 nitrogen and oxygen atoms in total. The van der Waals surface area contributed by atoms with Crippen LogP contribution in [0.25, 0.3) is 11.3 Å². The van der Waals surface area contributed by atoms with E-state index >= 15 is 0 Å². The first-order valence-electron chi connectivity index (χ1n) is 7.18. The van der Waals surface area contributed by atoms with Gasteiger partial charge in [0.15, 0.2) is 5.76 Å². The summed E-state index contributed by atoms with van der Waals surface area (Å²) >= 11 is 0. The van der Waals surface area contributed by atoms with Crippen LogP contribution in [0.2, 0.25) is 0 Å². The largest absolute Gasteiger partial charge is 0.490 e. The second kappa shape index (κ2) is 6.67. The molecule has 1 saturated heterocycles. The molecule has 0 bridgehead atoms. The van der Waals surface area contributed by atoms with Crippen LogP contribution < -0.4 is 10.1 Å². The molecule has 6 heteroatoms. The van der Waals surface area contributed by atoms with Crippen LogP contribution in [0.5, 0.6) is 5.75 Å². The molecule has 0 spiro atoms. The molecule has 0 radical (unpaired) electrons. The maximum absolute atomic E-state index is 12.2. The number of aryl methyl sites for hydroxylation is 1. The molecule has 0 unspecified atom stereocenters. The minimum Gasteiger partial charge on any atom is -0.490 e. The number of aromatic nitrogens is 2. The highest BCUT2D eigenvalue weighted by atomic mass is 19.1. The zero-order valence-corrected chi connectivity index (χ0v) is 11.7. The molecule has 0 aromatic carbocycles. The molecular formula is C15H18FN3O2. The van der Waals surface area contributed by atoms with E-state index in [0.717, 1.165) is 24.2 Å². The van der Waals surface area contributed by atoms with Crippen LogP contribution in [0, 0.1) is 0 Å². The second-order valence-electron chi connectivity index (χ2n) is 5.14. The standard InChI is InChI=1S/C15H18FN3O2/c16-4-1-2-12-7-15(21-19-12)11-6-14(9-17-8-11)20-10-13-3-5-18-13/h6-9,13,18H,1-5,10H2/t13-/m0/s1. The number of nitrogens with zero attached hydrogens (tertiary/aromatic N) is 2. The molecule has 1 fully saturated rings. The molecule has 0 aliphatic carbocycles. The Balaban J connectivity index is 1.65. The van der Waals surface area contributed by atoms with Crippen LogP contribution in [0.3, 0.4) is 0 Å². The van der Waals surface area contributed by atoms with E-state index in [1.165, 1.54) is 0 Å². The van der Waals surface area contributed by atoms with Gasteiger partial charge in [0, 0.05) is 23.9 Å².